The van der Waals surface area contributed by atoms with Gasteiger partial charge in [0.15, 0.2) is 0 Å². The number of allylic oxidation sites excluding steroid dienone is 1. The van der Waals surface area contributed by atoms with Crippen LogP contribution in [0.25, 0.3) is 16.8 Å². The average molecular weight is 423 g/mol. The quantitative estimate of drug-likeness (QED) is 0.489. The third-order valence-electron chi connectivity index (χ3n) is 7.14. The maximum Gasteiger partial charge on any atom is 0.230 e. The number of nitrogens with zero attached hydrogens (tertiary/aromatic N) is 1. The molecule has 0 aliphatic carbocycles. The number of carbonyl (C=O) groups excluding carboxylic acids is 1. The molecule has 1 aliphatic rings. The van der Waals surface area contributed by atoms with Gasteiger partial charge in [0, 0.05) is 16.7 Å². The predicted molar refractivity (Wildman–Crippen MR) is 127 cm³/mol. The maximum atomic E-state index is 13.6. The van der Waals surface area contributed by atoms with Crippen molar-refractivity contribution in [3.63, 3.8) is 0 Å². The van der Waals surface area contributed by atoms with E-state index in [1.165, 1.54) is 12.0 Å². The van der Waals surface area contributed by atoms with Crippen LogP contribution in [0.1, 0.15) is 89.7 Å². The van der Waals surface area contributed by atoms with Crippen LogP contribution >= 0.6 is 0 Å². The largest absolute Gasteiger partial charge is 0.361 e. The van der Waals surface area contributed by atoms with Gasteiger partial charge >= 0.3 is 0 Å². The zero-order chi connectivity index (χ0) is 22.6. The smallest absolute Gasteiger partial charge is 0.230 e. The summed E-state index contributed by atoms with van der Waals surface area (Å²) in [6, 6.07) is 8.37. The van der Waals surface area contributed by atoms with Crippen molar-refractivity contribution in [2.45, 2.75) is 86.5 Å². The van der Waals surface area contributed by atoms with E-state index in [0.717, 1.165) is 72.4 Å². The Kier molecular flexibility index (Phi) is 7.40. The summed E-state index contributed by atoms with van der Waals surface area (Å²) in [5.41, 5.74) is 6.01. The molecule has 0 bridgehead atoms. The zero-order valence-electron chi connectivity index (χ0n) is 20.1. The Morgan fingerprint density at radius 1 is 1.16 bits per heavy atom. The van der Waals surface area contributed by atoms with Crippen LogP contribution in [0, 0.1) is 25.2 Å². The van der Waals surface area contributed by atoms with Crippen LogP contribution in [-0.2, 0) is 4.79 Å². The van der Waals surface area contributed by atoms with Gasteiger partial charge in [-0.2, -0.15) is 0 Å². The highest BCUT2D eigenvalue weighted by molar-refractivity contribution is 5.93. The average Bonchev–Trinajstić information content (AvgIpc) is 3.05. The van der Waals surface area contributed by atoms with Crippen molar-refractivity contribution in [3.05, 3.63) is 46.9 Å². The molecule has 4 nitrogen and oxygen atoms in total. The fourth-order valence-electron chi connectivity index (χ4n) is 4.87. The molecule has 2 atom stereocenters. The van der Waals surface area contributed by atoms with E-state index in [1.807, 2.05) is 13.8 Å². The summed E-state index contributed by atoms with van der Waals surface area (Å²) in [5, 5.41) is 7.47. The summed E-state index contributed by atoms with van der Waals surface area (Å²) in [7, 11) is 0. The van der Waals surface area contributed by atoms with Crippen LogP contribution in [-0.4, -0.2) is 11.1 Å². The number of nitrogens with one attached hydrogen (secondary N) is 1. The fourth-order valence-corrected chi connectivity index (χ4v) is 4.87. The molecule has 0 saturated carbocycles. The minimum Gasteiger partial charge on any atom is -0.361 e. The van der Waals surface area contributed by atoms with Gasteiger partial charge in [0.05, 0.1) is 5.69 Å². The maximum absolute atomic E-state index is 13.6. The Morgan fingerprint density at radius 3 is 2.55 bits per heavy atom. The van der Waals surface area contributed by atoms with Crippen LogP contribution < -0.4 is 5.32 Å². The van der Waals surface area contributed by atoms with Crippen molar-refractivity contribution < 1.29 is 9.32 Å². The van der Waals surface area contributed by atoms with Crippen molar-refractivity contribution in [1.29, 1.82) is 0 Å². The lowest BCUT2D eigenvalue weighted by atomic mass is 9.73. The number of hydrogen-bond donors (Lipinski definition) is 1. The highest BCUT2D eigenvalue weighted by atomic mass is 16.5. The standard InChI is InChI=1S/C27H38N2O2/c1-7-14-27(15-12-18(3)8-2)16-13-19(4)25(28-26(27)30)23-11-9-10-22(17-23)24-20(5)29-31-21(24)6/h9-11,17-18H,7-8,12-16H2,1-6H3,(H,28,30). The summed E-state index contributed by atoms with van der Waals surface area (Å²) >= 11 is 0. The molecular formula is C27H38N2O2. The fraction of sp³-hybridized carbons (Fsp3) is 0.556. The zero-order valence-corrected chi connectivity index (χ0v) is 20.1. The number of aromatic nitrogens is 1. The van der Waals surface area contributed by atoms with Gasteiger partial charge in [-0.15, -0.1) is 0 Å². The molecular weight excluding hydrogens is 384 g/mol. The Hall–Kier alpha value is -2.36. The van der Waals surface area contributed by atoms with Gasteiger partial charge in [0.2, 0.25) is 5.91 Å². The van der Waals surface area contributed by atoms with Gasteiger partial charge in [-0.25, -0.2) is 0 Å². The van der Waals surface area contributed by atoms with E-state index in [9.17, 15) is 4.79 Å². The molecule has 168 valence electrons. The number of aryl methyl sites for hydroxylation is 2. The van der Waals surface area contributed by atoms with Crippen molar-refractivity contribution >= 4 is 11.6 Å². The Labute approximate surface area is 187 Å². The molecule has 0 saturated heterocycles. The Morgan fingerprint density at radius 2 is 1.90 bits per heavy atom. The lowest BCUT2D eigenvalue weighted by Crippen LogP contribution is -2.39. The summed E-state index contributed by atoms with van der Waals surface area (Å²) < 4.78 is 5.37. The minimum absolute atomic E-state index is 0.201. The molecule has 1 aromatic heterocycles. The van der Waals surface area contributed by atoms with E-state index in [1.54, 1.807) is 0 Å². The molecule has 2 aromatic rings. The van der Waals surface area contributed by atoms with Crippen LogP contribution in [0.4, 0.5) is 0 Å². The Balaban J connectivity index is 1.92. The molecule has 0 radical (unpaired) electrons. The second-order valence-corrected chi connectivity index (χ2v) is 9.47. The van der Waals surface area contributed by atoms with Crippen LogP contribution in [0.5, 0.6) is 0 Å². The number of hydrogen-bond acceptors (Lipinski definition) is 3. The first-order chi connectivity index (χ1) is 14.8. The van der Waals surface area contributed by atoms with Gasteiger partial charge in [0.25, 0.3) is 0 Å². The highest BCUT2D eigenvalue weighted by Gasteiger charge is 2.39. The first-order valence-corrected chi connectivity index (χ1v) is 11.9. The van der Waals surface area contributed by atoms with E-state index in [-0.39, 0.29) is 11.3 Å². The first kappa shape index (κ1) is 23.3. The molecule has 3 rings (SSSR count). The topological polar surface area (TPSA) is 55.1 Å². The van der Waals surface area contributed by atoms with Crippen molar-refractivity contribution in [1.82, 2.24) is 10.5 Å². The number of benzene rings is 1. The summed E-state index contributed by atoms with van der Waals surface area (Å²) in [6.45, 7) is 12.8. The molecule has 31 heavy (non-hydrogen) atoms. The van der Waals surface area contributed by atoms with Gasteiger partial charge in [0.1, 0.15) is 5.76 Å². The first-order valence-electron chi connectivity index (χ1n) is 11.9. The van der Waals surface area contributed by atoms with E-state index in [0.29, 0.717) is 5.92 Å². The monoisotopic (exact) mass is 422 g/mol. The molecule has 1 aliphatic heterocycles. The summed E-state index contributed by atoms with van der Waals surface area (Å²) in [6.07, 6.45) is 7.12. The normalized spacial score (nSPS) is 20.5. The number of rotatable bonds is 8. The highest BCUT2D eigenvalue weighted by Crippen LogP contribution is 2.41. The van der Waals surface area contributed by atoms with Gasteiger partial charge in [-0.3, -0.25) is 4.79 Å². The Bertz CT molecular complexity index is 936. The number of carbonyl (C=O) groups is 1. The summed E-state index contributed by atoms with van der Waals surface area (Å²) in [4.78, 5) is 13.6. The third kappa shape index (κ3) is 4.94. The van der Waals surface area contributed by atoms with Gasteiger partial charge in [-0.1, -0.05) is 57.0 Å². The van der Waals surface area contributed by atoms with Crippen molar-refractivity contribution in [3.8, 4) is 11.1 Å². The summed E-state index contributed by atoms with van der Waals surface area (Å²) in [5.74, 6) is 1.68. The van der Waals surface area contributed by atoms with E-state index >= 15 is 0 Å². The molecule has 4 heteroatoms. The molecule has 2 heterocycles. The lowest BCUT2D eigenvalue weighted by Gasteiger charge is -2.32. The molecule has 0 fully saturated rings. The third-order valence-corrected chi connectivity index (χ3v) is 7.14. The molecule has 1 amide bonds. The van der Waals surface area contributed by atoms with Crippen LogP contribution in [0.15, 0.2) is 34.4 Å². The molecule has 0 spiro atoms. The van der Waals surface area contributed by atoms with Gasteiger partial charge < -0.3 is 9.84 Å². The van der Waals surface area contributed by atoms with E-state index in [2.05, 4.69) is 62.4 Å². The minimum atomic E-state index is -0.263. The van der Waals surface area contributed by atoms with Crippen LogP contribution in [0.3, 0.4) is 0 Å². The predicted octanol–water partition coefficient (Wildman–Crippen LogP) is 7.21. The van der Waals surface area contributed by atoms with Crippen molar-refractivity contribution in [2.75, 3.05) is 0 Å². The van der Waals surface area contributed by atoms with Crippen LogP contribution in [0.2, 0.25) is 0 Å². The second kappa shape index (κ2) is 9.84. The molecule has 1 aromatic carbocycles. The number of amides is 1. The van der Waals surface area contributed by atoms with Crippen molar-refractivity contribution in [2.24, 2.45) is 11.3 Å². The van der Waals surface area contributed by atoms with Gasteiger partial charge in [-0.05, 0) is 81.6 Å². The van der Waals surface area contributed by atoms with E-state index < -0.39 is 0 Å². The molecule has 2 unspecified atom stereocenters. The molecule has 1 N–H and O–H groups in total. The SMILES string of the molecule is CCCC1(CCC(C)CC)CCC(C)=C(c2cccc(-c3c(C)noc3C)c2)NC1=O. The second-order valence-electron chi connectivity index (χ2n) is 9.47. The van der Waals surface area contributed by atoms with E-state index in [4.69, 9.17) is 4.52 Å². The lowest BCUT2D eigenvalue weighted by molar-refractivity contribution is -0.131.